The van der Waals surface area contributed by atoms with Crippen molar-refractivity contribution in [2.75, 3.05) is 21.2 Å². The second-order valence-electron chi connectivity index (χ2n) is 10.6. The van der Waals surface area contributed by atoms with Gasteiger partial charge in [0.05, 0.1) is 41.9 Å². The standard InChI is InChI=1S/C30H28N2O10/c1-32(2)22-21-24(35)18-15(11-12-7-9-13(10-8-12)29(40)42-3)14-5-4-6-16(33)17(14)23(34)19(18)26(37)30(21,41)27(38)20(25(22)36)28(31)39/h4-11,18,21-22,24,33,35-37,41H,1-3H3,(H2,31,39)/b15-11+/t18-,21+,22+,24-,30-/m1/s1. The molecule has 12 nitrogen and oxygen atoms in total. The number of hydrogen-bond donors (Lipinski definition) is 6. The predicted molar refractivity (Wildman–Crippen MR) is 147 cm³/mol. The summed E-state index contributed by atoms with van der Waals surface area (Å²) in [7, 11) is 4.15. The number of nitrogens with two attached hydrogens (primary N) is 1. The van der Waals surface area contributed by atoms with Crippen LogP contribution in [0.5, 0.6) is 5.75 Å². The highest BCUT2D eigenvalue weighted by Gasteiger charge is 2.67. The highest BCUT2D eigenvalue weighted by Crippen LogP contribution is 2.55. The molecule has 0 unspecified atom stereocenters. The summed E-state index contributed by atoms with van der Waals surface area (Å²) in [4.78, 5) is 52.8. The highest BCUT2D eigenvalue weighted by atomic mass is 16.5. The molecule has 0 heterocycles. The Hall–Kier alpha value is -4.78. The average molecular weight is 577 g/mol. The van der Waals surface area contributed by atoms with Gasteiger partial charge >= 0.3 is 5.97 Å². The Labute approximate surface area is 239 Å². The highest BCUT2D eigenvalue weighted by molar-refractivity contribution is 6.25. The summed E-state index contributed by atoms with van der Waals surface area (Å²) in [5, 5.41) is 57.0. The second kappa shape index (κ2) is 9.94. The number of Topliss-reactive ketones (excluding diaryl/α,β-unsaturated/α-hetero) is 2. The van der Waals surface area contributed by atoms with Crippen LogP contribution in [-0.4, -0.2) is 92.8 Å². The zero-order valence-electron chi connectivity index (χ0n) is 22.7. The molecule has 1 amide bonds. The van der Waals surface area contributed by atoms with Crippen molar-refractivity contribution < 1.29 is 49.4 Å². The number of phenolic OH excluding ortho intramolecular Hbond substituents is 1. The van der Waals surface area contributed by atoms with Crippen molar-refractivity contribution in [2.45, 2.75) is 17.7 Å². The van der Waals surface area contributed by atoms with E-state index >= 15 is 0 Å². The minimum Gasteiger partial charge on any atom is -0.510 e. The van der Waals surface area contributed by atoms with Crippen molar-refractivity contribution in [3.63, 3.8) is 0 Å². The third kappa shape index (κ3) is 3.87. The van der Waals surface area contributed by atoms with E-state index in [4.69, 9.17) is 10.5 Å². The third-order valence-electron chi connectivity index (χ3n) is 8.19. The first-order chi connectivity index (χ1) is 19.8. The van der Waals surface area contributed by atoms with Crippen LogP contribution in [-0.2, 0) is 14.3 Å². The summed E-state index contributed by atoms with van der Waals surface area (Å²) in [6.45, 7) is 0. The number of ether oxygens (including phenoxy) is 1. The molecule has 0 aliphatic heterocycles. The van der Waals surface area contributed by atoms with Crippen LogP contribution in [0.25, 0.3) is 11.6 Å². The minimum absolute atomic E-state index is 0.212. The van der Waals surface area contributed by atoms with Crippen molar-refractivity contribution in [2.24, 2.45) is 17.6 Å². The summed E-state index contributed by atoms with van der Waals surface area (Å²) in [6, 6.07) is 9.01. The fourth-order valence-electron chi connectivity index (χ4n) is 6.33. The number of aliphatic hydroxyl groups is 4. The lowest BCUT2D eigenvalue weighted by atomic mass is 9.56. The first kappa shape index (κ1) is 28.7. The van der Waals surface area contributed by atoms with Gasteiger partial charge in [-0.1, -0.05) is 30.3 Å². The molecule has 0 spiro atoms. The van der Waals surface area contributed by atoms with Gasteiger partial charge in [-0.05, 0) is 49.0 Å². The van der Waals surface area contributed by atoms with Gasteiger partial charge in [-0.15, -0.1) is 0 Å². The molecule has 0 saturated heterocycles. The monoisotopic (exact) mass is 576 g/mol. The molecule has 5 rings (SSSR count). The number of rotatable bonds is 4. The van der Waals surface area contributed by atoms with Crippen LogP contribution >= 0.6 is 0 Å². The fourth-order valence-corrected chi connectivity index (χ4v) is 6.33. The van der Waals surface area contributed by atoms with E-state index in [9.17, 15) is 44.7 Å². The number of fused-ring (bicyclic) bond motifs is 3. The maximum Gasteiger partial charge on any atom is 0.337 e. The van der Waals surface area contributed by atoms with Crippen LogP contribution in [0.1, 0.15) is 31.8 Å². The first-order valence-corrected chi connectivity index (χ1v) is 12.8. The minimum atomic E-state index is -3.03. The number of primary amides is 1. The molecule has 0 fully saturated rings. The van der Waals surface area contributed by atoms with Crippen molar-refractivity contribution in [3.8, 4) is 5.75 Å². The van der Waals surface area contributed by atoms with Gasteiger partial charge in [0, 0.05) is 5.92 Å². The Morgan fingerprint density at radius 2 is 1.69 bits per heavy atom. The molecule has 0 bridgehead atoms. The molecular formula is C30H28N2O10. The van der Waals surface area contributed by atoms with Crippen LogP contribution in [0.4, 0.5) is 0 Å². The lowest BCUT2D eigenvalue weighted by Crippen LogP contribution is -2.68. The van der Waals surface area contributed by atoms with Gasteiger partial charge in [0.15, 0.2) is 11.4 Å². The number of methoxy groups -OCH3 is 1. The topological polar surface area (TPSA) is 208 Å². The Balaban J connectivity index is 1.82. The summed E-state index contributed by atoms with van der Waals surface area (Å²) < 4.78 is 4.73. The van der Waals surface area contributed by atoms with Crippen LogP contribution in [0.2, 0.25) is 0 Å². The molecule has 7 N–H and O–H groups in total. The summed E-state index contributed by atoms with van der Waals surface area (Å²) in [6.07, 6.45) is -0.231. The van der Waals surface area contributed by atoms with E-state index in [-0.39, 0.29) is 22.3 Å². The van der Waals surface area contributed by atoms with Gasteiger partial charge in [0.1, 0.15) is 22.8 Å². The number of ketones is 2. The van der Waals surface area contributed by atoms with E-state index in [1.54, 1.807) is 18.2 Å². The molecule has 3 aliphatic rings. The number of aromatic hydroxyl groups is 1. The van der Waals surface area contributed by atoms with Crippen LogP contribution in [0.15, 0.2) is 65.1 Å². The molecule has 2 aromatic carbocycles. The Kier molecular flexibility index (Phi) is 6.80. The van der Waals surface area contributed by atoms with E-state index < -0.39 is 81.4 Å². The van der Waals surface area contributed by atoms with Crippen LogP contribution in [0.3, 0.4) is 0 Å². The van der Waals surface area contributed by atoms with Crippen molar-refractivity contribution in [1.29, 1.82) is 0 Å². The normalized spacial score (nSPS) is 28.0. The number of likely N-dealkylation sites (N-methyl/N-ethyl adjacent to an activating group) is 1. The summed E-state index contributed by atoms with van der Waals surface area (Å²) >= 11 is 0. The second-order valence-corrected chi connectivity index (χ2v) is 10.6. The largest absolute Gasteiger partial charge is 0.510 e. The smallest absolute Gasteiger partial charge is 0.337 e. The molecule has 0 saturated carbocycles. The van der Waals surface area contributed by atoms with E-state index in [2.05, 4.69) is 0 Å². The lowest BCUT2D eigenvalue weighted by Gasteiger charge is -2.52. The van der Waals surface area contributed by atoms with Crippen LogP contribution < -0.4 is 5.73 Å². The number of aliphatic hydroxyl groups excluding tert-OH is 3. The van der Waals surface area contributed by atoms with Gasteiger partial charge in [-0.3, -0.25) is 19.3 Å². The number of esters is 1. The van der Waals surface area contributed by atoms with Crippen molar-refractivity contribution in [3.05, 3.63) is 87.4 Å². The van der Waals surface area contributed by atoms with E-state index in [1.807, 2.05) is 0 Å². The summed E-state index contributed by atoms with van der Waals surface area (Å²) in [5.74, 6) is -9.79. The van der Waals surface area contributed by atoms with Crippen LogP contribution in [0, 0.1) is 11.8 Å². The molecule has 42 heavy (non-hydrogen) atoms. The number of carbonyl (C=O) groups is 4. The lowest BCUT2D eigenvalue weighted by molar-refractivity contribution is -0.159. The Morgan fingerprint density at radius 3 is 2.26 bits per heavy atom. The molecule has 12 heteroatoms. The Morgan fingerprint density at radius 1 is 1.05 bits per heavy atom. The zero-order chi connectivity index (χ0) is 30.8. The molecule has 0 radical (unpaired) electrons. The molecule has 3 aliphatic carbocycles. The summed E-state index contributed by atoms with van der Waals surface area (Å²) in [5.41, 5.74) is 1.75. The van der Waals surface area contributed by atoms with Gasteiger partial charge < -0.3 is 36.0 Å². The maximum atomic E-state index is 13.8. The van der Waals surface area contributed by atoms with Crippen molar-refractivity contribution >= 4 is 35.1 Å². The van der Waals surface area contributed by atoms with Gasteiger partial charge in [0.25, 0.3) is 5.91 Å². The number of hydrogen-bond acceptors (Lipinski definition) is 11. The maximum absolute atomic E-state index is 13.8. The zero-order valence-corrected chi connectivity index (χ0v) is 22.7. The number of nitrogens with zero attached hydrogens (tertiary/aromatic N) is 1. The van der Waals surface area contributed by atoms with Gasteiger partial charge in [-0.2, -0.15) is 0 Å². The first-order valence-electron chi connectivity index (χ1n) is 12.8. The SMILES string of the molecule is COC(=O)c1ccc(/C=C2\c3cccc(O)c3C(=O)C3=C(O)[C@@]4(O)C(=O)C(C(N)=O)=C(O)[C@@H](N(C)C)[C@H]4[C@H](O)[C@@H]32)cc1. The Bertz CT molecular complexity index is 1650. The molecule has 0 aromatic heterocycles. The number of benzene rings is 2. The average Bonchev–Trinajstić information content (AvgIpc) is 2.94. The number of carbonyl (C=O) groups excluding carboxylic acids is 4. The van der Waals surface area contributed by atoms with E-state index in [1.165, 1.54) is 56.4 Å². The molecule has 5 atom stereocenters. The number of phenols is 1. The molecule has 218 valence electrons. The van der Waals surface area contributed by atoms with Gasteiger partial charge in [0.2, 0.25) is 5.78 Å². The predicted octanol–water partition coefficient (Wildman–Crippen LogP) is 0.876. The molecule has 2 aromatic rings. The quantitative estimate of drug-likeness (QED) is 0.222. The third-order valence-corrected chi connectivity index (χ3v) is 8.19. The van der Waals surface area contributed by atoms with Crippen molar-refractivity contribution in [1.82, 2.24) is 4.90 Å². The van der Waals surface area contributed by atoms with E-state index in [0.717, 1.165) is 0 Å². The van der Waals surface area contributed by atoms with E-state index in [0.29, 0.717) is 5.56 Å². The fraction of sp³-hybridized carbons (Fsp3) is 0.267. The molecular weight excluding hydrogens is 548 g/mol. The number of amides is 1. The van der Waals surface area contributed by atoms with Gasteiger partial charge in [-0.25, -0.2) is 4.79 Å².